The topological polar surface area (TPSA) is 66.8 Å². The van der Waals surface area contributed by atoms with Gasteiger partial charge in [-0.25, -0.2) is 4.79 Å². The maximum atomic E-state index is 11.6. The van der Waals surface area contributed by atoms with E-state index in [9.17, 15) is 15.0 Å². The molecular weight excluding hydrogens is 256 g/mol. The minimum absolute atomic E-state index is 0.0246. The molecule has 4 heteroatoms. The minimum Gasteiger partial charge on any atom is -0.460 e. The molecule has 0 aromatic heterocycles. The molecule has 0 aromatic rings. The number of aliphatic hydroxyl groups is 2. The van der Waals surface area contributed by atoms with Gasteiger partial charge in [0.15, 0.2) is 0 Å². The van der Waals surface area contributed by atoms with Gasteiger partial charge in [-0.15, -0.1) is 0 Å². The van der Waals surface area contributed by atoms with E-state index in [1.807, 2.05) is 6.92 Å². The summed E-state index contributed by atoms with van der Waals surface area (Å²) in [5, 5.41) is 20.0. The molecule has 2 N–H and O–H groups in total. The molecule has 1 heterocycles. The lowest BCUT2D eigenvalue weighted by molar-refractivity contribution is -0.142. The summed E-state index contributed by atoms with van der Waals surface area (Å²) in [6.45, 7) is 1.89. The first-order chi connectivity index (χ1) is 9.56. The number of cyclic esters (lactones) is 1. The molecule has 0 aromatic carbocycles. The zero-order valence-corrected chi connectivity index (χ0v) is 11.9. The van der Waals surface area contributed by atoms with Gasteiger partial charge in [0.05, 0.1) is 18.3 Å². The van der Waals surface area contributed by atoms with Crippen LogP contribution in [0.4, 0.5) is 0 Å². The van der Waals surface area contributed by atoms with E-state index in [-0.39, 0.29) is 24.0 Å². The van der Waals surface area contributed by atoms with E-state index < -0.39 is 12.1 Å². The van der Waals surface area contributed by atoms with Crippen molar-refractivity contribution in [2.24, 2.45) is 11.8 Å². The fourth-order valence-electron chi connectivity index (χ4n) is 3.10. The van der Waals surface area contributed by atoms with Crippen LogP contribution < -0.4 is 0 Å². The Bertz CT molecular complexity index is 388. The van der Waals surface area contributed by atoms with E-state index in [0.717, 1.165) is 19.3 Å². The fraction of sp³-hybridized carbons (Fsp3) is 0.688. The molecule has 2 aliphatic rings. The molecule has 1 aliphatic heterocycles. The third-order valence-corrected chi connectivity index (χ3v) is 4.19. The Hall–Kier alpha value is -1.13. The van der Waals surface area contributed by atoms with E-state index in [1.54, 1.807) is 0 Å². The summed E-state index contributed by atoms with van der Waals surface area (Å²) < 4.78 is 5.23. The van der Waals surface area contributed by atoms with Crippen LogP contribution in [0.2, 0.25) is 0 Å². The molecule has 4 nitrogen and oxygen atoms in total. The first-order valence-electron chi connectivity index (χ1n) is 7.48. The molecule has 0 amide bonds. The SMILES string of the molecule is C[C@H]1CCC/C=C\[C@@H]2C[C@H](O)C[C@@H]2C(O)/C=C/C(=O)O1. The van der Waals surface area contributed by atoms with Gasteiger partial charge in [-0.2, -0.15) is 0 Å². The number of hydrogen-bond donors (Lipinski definition) is 2. The van der Waals surface area contributed by atoms with E-state index in [4.69, 9.17) is 4.74 Å². The van der Waals surface area contributed by atoms with Crippen LogP contribution in [0.1, 0.15) is 39.0 Å². The van der Waals surface area contributed by atoms with Gasteiger partial charge >= 0.3 is 5.97 Å². The number of ether oxygens (including phenoxy) is 1. The van der Waals surface area contributed by atoms with Crippen molar-refractivity contribution in [1.29, 1.82) is 0 Å². The normalized spacial score (nSPS) is 42.5. The van der Waals surface area contributed by atoms with E-state index in [2.05, 4.69) is 12.2 Å². The van der Waals surface area contributed by atoms with Gasteiger partial charge in [-0.1, -0.05) is 12.2 Å². The average molecular weight is 280 g/mol. The Morgan fingerprint density at radius 3 is 2.85 bits per heavy atom. The zero-order chi connectivity index (χ0) is 14.5. The van der Waals surface area contributed by atoms with Crippen molar-refractivity contribution >= 4 is 5.97 Å². The van der Waals surface area contributed by atoms with Crippen molar-refractivity contribution in [3.05, 3.63) is 24.3 Å². The highest BCUT2D eigenvalue weighted by Crippen LogP contribution is 2.36. The Balaban J connectivity index is 2.11. The fourth-order valence-corrected chi connectivity index (χ4v) is 3.10. The van der Waals surface area contributed by atoms with Crippen LogP contribution >= 0.6 is 0 Å². The van der Waals surface area contributed by atoms with Gasteiger partial charge in [0.1, 0.15) is 0 Å². The first kappa shape index (κ1) is 15.3. The summed E-state index contributed by atoms with van der Waals surface area (Å²) in [6, 6.07) is 0. The number of allylic oxidation sites excluding steroid dienone is 2. The van der Waals surface area contributed by atoms with Crippen LogP contribution in [-0.4, -0.2) is 34.5 Å². The summed E-state index contributed by atoms with van der Waals surface area (Å²) >= 11 is 0. The van der Waals surface area contributed by atoms with E-state index >= 15 is 0 Å². The molecule has 1 unspecified atom stereocenters. The smallest absolute Gasteiger partial charge is 0.330 e. The van der Waals surface area contributed by atoms with Crippen molar-refractivity contribution < 1.29 is 19.7 Å². The molecule has 1 fully saturated rings. The van der Waals surface area contributed by atoms with Gasteiger partial charge in [-0.05, 0) is 56.9 Å². The molecule has 2 rings (SSSR count). The minimum atomic E-state index is -0.717. The van der Waals surface area contributed by atoms with Gasteiger partial charge in [0.25, 0.3) is 0 Å². The lowest BCUT2D eigenvalue weighted by atomic mass is 9.90. The van der Waals surface area contributed by atoms with Gasteiger partial charge in [0, 0.05) is 6.08 Å². The van der Waals surface area contributed by atoms with E-state index in [0.29, 0.717) is 12.8 Å². The van der Waals surface area contributed by atoms with Crippen molar-refractivity contribution in [2.75, 3.05) is 0 Å². The quantitative estimate of drug-likeness (QED) is 0.526. The van der Waals surface area contributed by atoms with Crippen LogP contribution in [-0.2, 0) is 9.53 Å². The number of hydrogen-bond acceptors (Lipinski definition) is 4. The first-order valence-corrected chi connectivity index (χ1v) is 7.48. The largest absolute Gasteiger partial charge is 0.460 e. The molecule has 5 atom stereocenters. The maximum absolute atomic E-state index is 11.6. The van der Waals surface area contributed by atoms with Crippen LogP contribution in [0.25, 0.3) is 0 Å². The number of carbonyl (C=O) groups is 1. The Morgan fingerprint density at radius 2 is 2.05 bits per heavy atom. The van der Waals surface area contributed by atoms with Crippen LogP contribution in [0, 0.1) is 11.8 Å². The molecule has 1 saturated carbocycles. The summed E-state index contributed by atoms with van der Waals surface area (Å²) in [4.78, 5) is 11.6. The molecule has 112 valence electrons. The highest BCUT2D eigenvalue weighted by Gasteiger charge is 2.35. The Labute approximate surface area is 120 Å². The summed E-state index contributed by atoms with van der Waals surface area (Å²) in [6.07, 6.45) is 9.87. The van der Waals surface area contributed by atoms with Crippen LogP contribution in [0.3, 0.4) is 0 Å². The second kappa shape index (κ2) is 7.04. The molecule has 0 bridgehead atoms. The molecule has 0 spiro atoms. The highest BCUT2D eigenvalue weighted by molar-refractivity contribution is 5.82. The standard InChI is InChI=1S/C16H24O4/c1-11-5-3-2-4-6-12-9-13(17)10-14(12)15(18)7-8-16(19)20-11/h4,6-8,11-15,17-18H,2-3,5,9-10H2,1H3/b6-4-,8-7+/t11-,12+,13-,14-,15?/m0/s1. The predicted molar refractivity (Wildman–Crippen MR) is 75.9 cm³/mol. The Kier molecular flexibility index (Phi) is 5.38. The molecule has 0 saturated heterocycles. The third-order valence-electron chi connectivity index (χ3n) is 4.19. The second-order valence-electron chi connectivity index (χ2n) is 5.91. The Morgan fingerprint density at radius 1 is 1.25 bits per heavy atom. The number of fused-ring (bicyclic) bond motifs is 1. The lowest BCUT2D eigenvalue weighted by Gasteiger charge is -2.19. The number of esters is 1. The van der Waals surface area contributed by atoms with Crippen molar-refractivity contribution in [1.82, 2.24) is 0 Å². The zero-order valence-electron chi connectivity index (χ0n) is 11.9. The third kappa shape index (κ3) is 4.18. The van der Waals surface area contributed by atoms with Crippen molar-refractivity contribution in [3.63, 3.8) is 0 Å². The van der Waals surface area contributed by atoms with Gasteiger partial charge in [-0.3, -0.25) is 0 Å². The van der Waals surface area contributed by atoms with Gasteiger partial charge < -0.3 is 14.9 Å². The molecule has 20 heavy (non-hydrogen) atoms. The molecule has 1 aliphatic carbocycles. The number of aliphatic hydroxyl groups excluding tert-OH is 2. The number of rotatable bonds is 0. The lowest BCUT2D eigenvalue weighted by Crippen LogP contribution is -2.21. The van der Waals surface area contributed by atoms with Crippen molar-refractivity contribution in [3.8, 4) is 0 Å². The predicted octanol–water partition coefficient (Wildman–Crippen LogP) is 1.96. The van der Waals surface area contributed by atoms with Crippen LogP contribution in [0.5, 0.6) is 0 Å². The monoisotopic (exact) mass is 280 g/mol. The molecular formula is C16H24O4. The highest BCUT2D eigenvalue weighted by atomic mass is 16.5. The number of carbonyl (C=O) groups excluding carboxylic acids is 1. The van der Waals surface area contributed by atoms with Gasteiger partial charge in [0.2, 0.25) is 0 Å². The maximum Gasteiger partial charge on any atom is 0.330 e. The van der Waals surface area contributed by atoms with E-state index in [1.165, 1.54) is 12.2 Å². The molecule has 0 radical (unpaired) electrons. The van der Waals surface area contributed by atoms with Crippen LogP contribution in [0.15, 0.2) is 24.3 Å². The average Bonchev–Trinajstić information content (AvgIpc) is 2.76. The summed E-state index contributed by atoms with van der Waals surface area (Å²) in [5.41, 5.74) is 0. The van der Waals surface area contributed by atoms with Crippen molar-refractivity contribution in [2.45, 2.75) is 57.3 Å². The second-order valence-corrected chi connectivity index (χ2v) is 5.91. The summed E-state index contributed by atoms with van der Waals surface area (Å²) in [5.74, 6) is -0.249. The summed E-state index contributed by atoms with van der Waals surface area (Å²) in [7, 11) is 0.